The third kappa shape index (κ3) is 7.12. The lowest BCUT2D eigenvalue weighted by atomic mass is 10.1. The first-order valence-corrected chi connectivity index (χ1v) is 7.94. The molecule has 1 heterocycles. The second kappa shape index (κ2) is 11.5. The van der Waals surface area contributed by atoms with Crippen LogP contribution in [0.2, 0.25) is 0 Å². The van der Waals surface area contributed by atoms with Crippen molar-refractivity contribution in [1.82, 2.24) is 25.5 Å². The van der Waals surface area contributed by atoms with Crippen molar-refractivity contribution in [2.75, 3.05) is 27.2 Å². The number of imidazole rings is 1. The predicted octanol–water partition coefficient (Wildman–Crippen LogP) is 1.27. The van der Waals surface area contributed by atoms with E-state index in [1.54, 1.807) is 26.6 Å². The van der Waals surface area contributed by atoms with Crippen molar-refractivity contribution < 1.29 is 4.79 Å². The number of aromatic nitrogens is 2. The number of hydrogen-bond donors (Lipinski definition) is 3. The summed E-state index contributed by atoms with van der Waals surface area (Å²) in [7, 11) is 3.38. The van der Waals surface area contributed by atoms with E-state index in [4.69, 9.17) is 0 Å². The van der Waals surface area contributed by atoms with Gasteiger partial charge in [0.1, 0.15) is 0 Å². The minimum Gasteiger partial charge on any atom is -0.356 e. The molecule has 0 unspecified atom stereocenters. The van der Waals surface area contributed by atoms with Crippen molar-refractivity contribution in [2.24, 2.45) is 4.99 Å². The molecular formula is C17H25IN6O. The number of hydrogen-bond acceptors (Lipinski definition) is 3. The third-order valence-electron chi connectivity index (χ3n) is 3.57. The van der Waals surface area contributed by atoms with E-state index in [1.807, 2.05) is 35.0 Å². The minimum absolute atomic E-state index is 0. The molecule has 0 saturated carbocycles. The fourth-order valence-electron chi connectivity index (χ4n) is 2.28. The van der Waals surface area contributed by atoms with Crippen molar-refractivity contribution in [3.05, 3.63) is 54.1 Å². The summed E-state index contributed by atoms with van der Waals surface area (Å²) in [6.07, 6.45) is 6.29. The van der Waals surface area contributed by atoms with Crippen molar-refractivity contribution >= 4 is 35.8 Å². The Labute approximate surface area is 165 Å². The Kier molecular flexibility index (Phi) is 9.60. The molecule has 1 aromatic heterocycles. The molecule has 0 radical (unpaired) electrons. The number of aliphatic imine (C=N–C) groups is 1. The Balaban J connectivity index is 0.00000312. The average Bonchev–Trinajstić information content (AvgIpc) is 3.13. The van der Waals surface area contributed by atoms with Crippen LogP contribution in [0.15, 0.2) is 48.0 Å². The normalized spacial score (nSPS) is 10.7. The summed E-state index contributed by atoms with van der Waals surface area (Å²) in [6, 6.07) is 7.64. The smallest absolute Gasteiger partial charge is 0.251 e. The lowest BCUT2D eigenvalue weighted by molar-refractivity contribution is 0.0963. The largest absolute Gasteiger partial charge is 0.356 e. The number of carbonyl (C=O) groups excluding carboxylic acids is 1. The lowest BCUT2D eigenvalue weighted by Crippen LogP contribution is -2.39. The number of nitrogens with one attached hydrogen (secondary N) is 3. The molecule has 0 aliphatic heterocycles. The monoisotopic (exact) mass is 456 g/mol. The molecule has 0 spiro atoms. The Morgan fingerprint density at radius 1 is 1.28 bits per heavy atom. The summed E-state index contributed by atoms with van der Waals surface area (Å²) < 4.78 is 2.00. The SMILES string of the molecule is CN=C(NCCc1cccc(C(=O)NC)c1)NCCn1ccnc1.I. The van der Waals surface area contributed by atoms with Gasteiger partial charge in [0.25, 0.3) is 5.91 Å². The van der Waals surface area contributed by atoms with Crippen LogP contribution in [0.25, 0.3) is 0 Å². The first-order valence-electron chi connectivity index (χ1n) is 7.94. The molecule has 25 heavy (non-hydrogen) atoms. The summed E-state index contributed by atoms with van der Waals surface area (Å²) in [5, 5.41) is 9.17. The number of rotatable bonds is 7. The maximum absolute atomic E-state index is 11.6. The van der Waals surface area contributed by atoms with E-state index in [0.717, 1.165) is 37.6 Å². The maximum Gasteiger partial charge on any atom is 0.251 e. The summed E-state index contributed by atoms with van der Waals surface area (Å²) in [6.45, 7) is 2.33. The van der Waals surface area contributed by atoms with Crippen LogP contribution in [-0.4, -0.2) is 48.6 Å². The van der Waals surface area contributed by atoms with Crippen LogP contribution >= 0.6 is 24.0 Å². The molecule has 136 valence electrons. The van der Waals surface area contributed by atoms with Crippen molar-refractivity contribution in [3.8, 4) is 0 Å². The van der Waals surface area contributed by atoms with Gasteiger partial charge >= 0.3 is 0 Å². The number of guanidine groups is 1. The highest BCUT2D eigenvalue weighted by Crippen LogP contribution is 2.05. The number of carbonyl (C=O) groups is 1. The molecule has 0 fully saturated rings. The van der Waals surface area contributed by atoms with Gasteiger partial charge in [0.15, 0.2) is 5.96 Å². The molecule has 0 saturated heterocycles. The molecule has 2 rings (SSSR count). The molecule has 2 aromatic rings. The number of benzene rings is 1. The number of amides is 1. The van der Waals surface area contributed by atoms with Crippen LogP contribution in [0.4, 0.5) is 0 Å². The first-order chi connectivity index (χ1) is 11.7. The highest BCUT2D eigenvalue weighted by Gasteiger charge is 2.04. The lowest BCUT2D eigenvalue weighted by Gasteiger charge is -2.12. The zero-order valence-electron chi connectivity index (χ0n) is 14.5. The van der Waals surface area contributed by atoms with Crippen LogP contribution in [-0.2, 0) is 13.0 Å². The molecule has 8 heteroatoms. The second-order valence-corrected chi connectivity index (χ2v) is 5.26. The predicted molar refractivity (Wildman–Crippen MR) is 111 cm³/mol. The van der Waals surface area contributed by atoms with Crippen LogP contribution in [0.5, 0.6) is 0 Å². The van der Waals surface area contributed by atoms with E-state index in [-0.39, 0.29) is 29.9 Å². The Morgan fingerprint density at radius 2 is 2.08 bits per heavy atom. The fourth-order valence-corrected chi connectivity index (χ4v) is 2.28. The fraction of sp³-hybridized carbons (Fsp3) is 0.353. The minimum atomic E-state index is -0.0678. The molecule has 1 amide bonds. The van der Waals surface area contributed by atoms with E-state index >= 15 is 0 Å². The molecule has 7 nitrogen and oxygen atoms in total. The highest BCUT2D eigenvalue weighted by molar-refractivity contribution is 14.0. The zero-order chi connectivity index (χ0) is 17.2. The maximum atomic E-state index is 11.6. The van der Waals surface area contributed by atoms with Gasteiger partial charge in [-0.3, -0.25) is 9.79 Å². The third-order valence-corrected chi connectivity index (χ3v) is 3.57. The average molecular weight is 456 g/mol. The number of halogens is 1. The van der Waals surface area contributed by atoms with Crippen LogP contribution < -0.4 is 16.0 Å². The van der Waals surface area contributed by atoms with E-state index in [1.165, 1.54) is 0 Å². The van der Waals surface area contributed by atoms with Crippen LogP contribution in [0.3, 0.4) is 0 Å². The Bertz CT molecular complexity index is 672. The standard InChI is InChI=1S/C17H24N6O.HI/c1-18-16(24)15-5-3-4-14(12-15)6-7-21-17(19-2)22-9-11-23-10-8-20-13-23;/h3-5,8,10,12-13H,6-7,9,11H2,1-2H3,(H,18,24)(H2,19,21,22);1H. The van der Waals surface area contributed by atoms with Gasteiger partial charge in [-0.15, -0.1) is 24.0 Å². The summed E-state index contributed by atoms with van der Waals surface area (Å²) in [5.74, 6) is 0.694. The summed E-state index contributed by atoms with van der Waals surface area (Å²) >= 11 is 0. The quantitative estimate of drug-likeness (QED) is 0.333. The summed E-state index contributed by atoms with van der Waals surface area (Å²) in [5.41, 5.74) is 1.79. The topological polar surface area (TPSA) is 83.3 Å². The Hall–Kier alpha value is -2.10. The van der Waals surface area contributed by atoms with Gasteiger partial charge in [-0.1, -0.05) is 12.1 Å². The van der Waals surface area contributed by atoms with E-state index in [2.05, 4.69) is 25.9 Å². The molecular weight excluding hydrogens is 431 g/mol. The van der Waals surface area contributed by atoms with Crippen molar-refractivity contribution in [2.45, 2.75) is 13.0 Å². The van der Waals surface area contributed by atoms with Gasteiger partial charge in [-0.25, -0.2) is 4.98 Å². The van der Waals surface area contributed by atoms with Gasteiger partial charge in [0, 0.05) is 51.7 Å². The molecule has 0 bridgehead atoms. The van der Waals surface area contributed by atoms with Crippen LogP contribution in [0, 0.1) is 0 Å². The molecule has 1 aromatic carbocycles. The molecule has 0 aliphatic carbocycles. The van der Waals surface area contributed by atoms with Gasteiger partial charge in [0.2, 0.25) is 0 Å². The van der Waals surface area contributed by atoms with Crippen LogP contribution in [0.1, 0.15) is 15.9 Å². The summed E-state index contributed by atoms with van der Waals surface area (Å²) in [4.78, 5) is 19.9. The van der Waals surface area contributed by atoms with Gasteiger partial charge in [-0.05, 0) is 24.1 Å². The van der Waals surface area contributed by atoms with Crippen molar-refractivity contribution in [3.63, 3.8) is 0 Å². The van der Waals surface area contributed by atoms with Gasteiger partial charge < -0.3 is 20.5 Å². The molecule has 0 atom stereocenters. The zero-order valence-corrected chi connectivity index (χ0v) is 16.9. The van der Waals surface area contributed by atoms with E-state index in [9.17, 15) is 4.79 Å². The second-order valence-electron chi connectivity index (χ2n) is 5.26. The number of nitrogens with zero attached hydrogens (tertiary/aromatic N) is 3. The molecule has 3 N–H and O–H groups in total. The molecule has 0 aliphatic rings. The van der Waals surface area contributed by atoms with Gasteiger partial charge in [-0.2, -0.15) is 0 Å². The highest BCUT2D eigenvalue weighted by atomic mass is 127. The van der Waals surface area contributed by atoms with E-state index in [0.29, 0.717) is 5.56 Å². The Morgan fingerprint density at radius 3 is 2.76 bits per heavy atom. The first kappa shape index (κ1) is 20.9. The van der Waals surface area contributed by atoms with Gasteiger partial charge in [0.05, 0.1) is 6.33 Å². The van der Waals surface area contributed by atoms with E-state index < -0.39 is 0 Å². The van der Waals surface area contributed by atoms with Crippen molar-refractivity contribution in [1.29, 1.82) is 0 Å².